The molecule has 1 fully saturated rings. The molecule has 2 N–H and O–H groups in total. The quantitative estimate of drug-likeness (QED) is 0.241. The van der Waals surface area contributed by atoms with Gasteiger partial charge in [-0.1, -0.05) is 89.2 Å². The fourth-order valence-corrected chi connectivity index (χ4v) is 4.43. The molecule has 0 aliphatic heterocycles. The van der Waals surface area contributed by atoms with Gasteiger partial charge < -0.3 is 5.73 Å². The van der Waals surface area contributed by atoms with Gasteiger partial charge in [0.1, 0.15) is 0 Å². The van der Waals surface area contributed by atoms with Gasteiger partial charge in [0, 0.05) is 6.04 Å². The zero-order valence-corrected chi connectivity index (χ0v) is 16.9. The smallest absolute Gasteiger partial charge is 0.0839 e. The van der Waals surface area contributed by atoms with E-state index in [0.717, 1.165) is 5.92 Å². The lowest BCUT2D eigenvalue weighted by atomic mass is 9.82. The first-order valence-corrected chi connectivity index (χ1v) is 11.3. The van der Waals surface area contributed by atoms with Crippen LogP contribution in [-0.2, 0) is 0 Å². The Labute approximate surface area is 156 Å². The van der Waals surface area contributed by atoms with Crippen LogP contribution in [0.5, 0.6) is 0 Å². The molecule has 0 heterocycles. The van der Waals surface area contributed by atoms with Crippen LogP contribution in [0.3, 0.4) is 0 Å². The summed E-state index contributed by atoms with van der Waals surface area (Å²) in [6.07, 6.45) is 22.3. The molecule has 0 aromatic heterocycles. The minimum Gasteiger partial charge on any atom is -0.327 e. The maximum absolute atomic E-state index is 10.6. The Kier molecular flexibility index (Phi) is 14.3. The van der Waals surface area contributed by atoms with E-state index in [-0.39, 0.29) is 0 Å². The third-order valence-corrected chi connectivity index (χ3v) is 6.20. The van der Waals surface area contributed by atoms with Gasteiger partial charge in [-0.25, -0.2) is 0 Å². The van der Waals surface area contributed by atoms with Gasteiger partial charge >= 0.3 is 0 Å². The fourth-order valence-electron chi connectivity index (χ4n) is 4.43. The van der Waals surface area contributed by atoms with Crippen LogP contribution in [-0.4, -0.2) is 12.6 Å². The Bertz CT molecular complexity index is 302. The largest absolute Gasteiger partial charge is 0.327 e. The van der Waals surface area contributed by atoms with E-state index in [1.807, 2.05) is 0 Å². The molecule has 2 unspecified atom stereocenters. The number of nitrogens with zero attached hydrogens (tertiary/aromatic N) is 1. The molecule has 0 aromatic carbocycles. The van der Waals surface area contributed by atoms with Crippen molar-refractivity contribution in [1.29, 1.82) is 0 Å². The molecule has 3 nitrogen and oxygen atoms in total. The van der Waals surface area contributed by atoms with Crippen molar-refractivity contribution in [3.63, 3.8) is 0 Å². The van der Waals surface area contributed by atoms with Crippen LogP contribution in [0.4, 0.5) is 0 Å². The molecule has 148 valence electrons. The monoisotopic (exact) mass is 352 g/mol. The highest BCUT2D eigenvalue weighted by atomic mass is 16.3. The highest BCUT2D eigenvalue weighted by Gasteiger charge is 2.19. The van der Waals surface area contributed by atoms with Crippen LogP contribution >= 0.6 is 0 Å². The normalized spacial score (nSPS) is 18.2. The lowest BCUT2D eigenvalue weighted by molar-refractivity contribution is 0.290. The molecule has 0 bridgehead atoms. The van der Waals surface area contributed by atoms with E-state index in [4.69, 9.17) is 5.73 Å². The summed E-state index contributed by atoms with van der Waals surface area (Å²) in [5, 5.41) is 3.15. The van der Waals surface area contributed by atoms with Crippen molar-refractivity contribution in [3.8, 4) is 0 Å². The second-order valence-corrected chi connectivity index (χ2v) is 8.43. The lowest BCUT2D eigenvalue weighted by Crippen LogP contribution is -2.31. The number of hydrogen-bond acceptors (Lipinski definition) is 3. The van der Waals surface area contributed by atoms with Gasteiger partial charge in [0.2, 0.25) is 0 Å². The number of rotatable bonds is 16. The Morgan fingerprint density at radius 1 is 0.840 bits per heavy atom. The van der Waals surface area contributed by atoms with Gasteiger partial charge in [0.05, 0.1) is 6.54 Å². The zero-order chi connectivity index (χ0) is 18.2. The van der Waals surface area contributed by atoms with Crippen LogP contribution in [0.25, 0.3) is 0 Å². The highest BCUT2D eigenvalue weighted by molar-refractivity contribution is 4.76. The van der Waals surface area contributed by atoms with E-state index in [1.165, 1.54) is 109 Å². The molecule has 0 aromatic rings. The van der Waals surface area contributed by atoms with Crippen molar-refractivity contribution < 1.29 is 0 Å². The molecule has 1 saturated carbocycles. The van der Waals surface area contributed by atoms with E-state index < -0.39 is 0 Å². The highest BCUT2D eigenvalue weighted by Crippen LogP contribution is 2.27. The molecule has 25 heavy (non-hydrogen) atoms. The van der Waals surface area contributed by atoms with Gasteiger partial charge in [-0.15, -0.1) is 0 Å². The van der Waals surface area contributed by atoms with Crippen LogP contribution in [0.1, 0.15) is 116 Å². The van der Waals surface area contributed by atoms with Crippen molar-refractivity contribution in [2.75, 3.05) is 6.54 Å². The van der Waals surface area contributed by atoms with Crippen LogP contribution in [0.2, 0.25) is 0 Å². The second-order valence-electron chi connectivity index (χ2n) is 8.43. The summed E-state index contributed by atoms with van der Waals surface area (Å²) in [7, 11) is 0. The standard InChI is InChI=1S/C22H44N2O/c1-2-3-9-14-20(19-24-25)15-10-6-4-5-7-13-18-22(23)21-16-11-8-12-17-21/h20-22H,2-19,23H2,1H3. The first-order valence-electron chi connectivity index (χ1n) is 11.3. The fraction of sp³-hybridized carbons (Fsp3) is 1.00. The zero-order valence-electron chi connectivity index (χ0n) is 16.9. The van der Waals surface area contributed by atoms with Gasteiger partial charge in [0.25, 0.3) is 0 Å². The van der Waals surface area contributed by atoms with Gasteiger partial charge in [-0.3, -0.25) is 0 Å². The van der Waals surface area contributed by atoms with Crippen molar-refractivity contribution in [2.45, 2.75) is 122 Å². The predicted molar refractivity (Wildman–Crippen MR) is 110 cm³/mol. The number of nitroso groups, excluding NO2 is 1. The molecule has 0 spiro atoms. The van der Waals surface area contributed by atoms with Crippen molar-refractivity contribution in [1.82, 2.24) is 0 Å². The van der Waals surface area contributed by atoms with Crippen molar-refractivity contribution >= 4 is 0 Å². The van der Waals surface area contributed by atoms with E-state index >= 15 is 0 Å². The van der Waals surface area contributed by atoms with Crippen molar-refractivity contribution in [3.05, 3.63) is 4.91 Å². The molecule has 1 aliphatic rings. The summed E-state index contributed by atoms with van der Waals surface area (Å²) in [4.78, 5) is 10.6. The second kappa shape index (κ2) is 15.8. The average Bonchev–Trinajstić information content (AvgIpc) is 2.64. The molecule has 3 heteroatoms. The maximum Gasteiger partial charge on any atom is 0.0839 e. The van der Waals surface area contributed by atoms with Crippen LogP contribution in [0, 0.1) is 16.7 Å². The van der Waals surface area contributed by atoms with Crippen molar-refractivity contribution in [2.24, 2.45) is 22.7 Å². The summed E-state index contributed by atoms with van der Waals surface area (Å²) in [6, 6.07) is 0.458. The molecule has 1 rings (SSSR count). The Morgan fingerprint density at radius 2 is 1.40 bits per heavy atom. The Balaban J connectivity index is 1.93. The van der Waals surface area contributed by atoms with E-state index in [0.29, 0.717) is 18.5 Å². The molecular weight excluding hydrogens is 308 g/mol. The molecule has 1 aliphatic carbocycles. The number of hydrogen-bond donors (Lipinski definition) is 1. The molecule has 0 saturated heterocycles. The summed E-state index contributed by atoms with van der Waals surface area (Å²) < 4.78 is 0. The third-order valence-electron chi connectivity index (χ3n) is 6.20. The molecule has 0 amide bonds. The summed E-state index contributed by atoms with van der Waals surface area (Å²) in [5.41, 5.74) is 6.39. The lowest BCUT2D eigenvalue weighted by Gasteiger charge is -2.27. The Morgan fingerprint density at radius 3 is 2.00 bits per heavy atom. The first-order chi connectivity index (χ1) is 12.3. The molecule has 2 atom stereocenters. The van der Waals surface area contributed by atoms with E-state index in [2.05, 4.69) is 12.1 Å². The minimum atomic E-state index is 0.458. The average molecular weight is 353 g/mol. The molecule has 0 radical (unpaired) electrons. The van der Waals surface area contributed by atoms with Gasteiger partial charge in [0.15, 0.2) is 0 Å². The first kappa shape index (κ1) is 22.6. The van der Waals surface area contributed by atoms with Crippen LogP contribution in [0.15, 0.2) is 5.18 Å². The van der Waals surface area contributed by atoms with E-state index in [9.17, 15) is 4.91 Å². The molecular formula is C22H44N2O. The minimum absolute atomic E-state index is 0.458. The third kappa shape index (κ3) is 11.7. The predicted octanol–water partition coefficient (Wildman–Crippen LogP) is 6.98. The van der Waals surface area contributed by atoms with Crippen LogP contribution < -0.4 is 5.73 Å². The number of nitrogens with two attached hydrogens (primary N) is 1. The van der Waals surface area contributed by atoms with E-state index in [1.54, 1.807) is 0 Å². The Hall–Kier alpha value is -0.440. The summed E-state index contributed by atoms with van der Waals surface area (Å²) >= 11 is 0. The van der Waals surface area contributed by atoms with Gasteiger partial charge in [-0.2, -0.15) is 4.91 Å². The SMILES string of the molecule is CCCCCC(CCCCCCCCC(N)C1CCCCC1)CN=O. The number of unbranched alkanes of at least 4 members (excludes halogenated alkanes) is 7. The maximum atomic E-state index is 10.6. The summed E-state index contributed by atoms with van der Waals surface area (Å²) in [5.74, 6) is 1.35. The summed E-state index contributed by atoms with van der Waals surface area (Å²) in [6.45, 7) is 2.76. The topological polar surface area (TPSA) is 55.4 Å². The van der Waals surface area contributed by atoms with Gasteiger partial charge in [-0.05, 0) is 43.9 Å².